The van der Waals surface area contributed by atoms with Crippen LogP contribution in [0, 0.1) is 11.3 Å². The molecule has 17 heavy (non-hydrogen) atoms. The van der Waals surface area contributed by atoms with Crippen LogP contribution >= 0.6 is 0 Å². The molecule has 4 nitrogen and oxygen atoms in total. The number of hydrogen-bond donors (Lipinski definition) is 1. The quantitative estimate of drug-likeness (QED) is 0.839. The van der Waals surface area contributed by atoms with Gasteiger partial charge >= 0.3 is 5.97 Å². The van der Waals surface area contributed by atoms with Crippen molar-refractivity contribution < 1.29 is 9.90 Å². The van der Waals surface area contributed by atoms with Gasteiger partial charge in [-0.15, -0.1) is 0 Å². The van der Waals surface area contributed by atoms with Crippen molar-refractivity contribution in [2.75, 3.05) is 6.54 Å². The molecule has 1 heterocycles. The summed E-state index contributed by atoms with van der Waals surface area (Å²) in [6, 6.07) is 7.44. The molecule has 0 fully saturated rings. The van der Waals surface area contributed by atoms with Gasteiger partial charge in [-0.3, -0.25) is 4.90 Å². The average molecular weight is 230 g/mol. The first-order valence-corrected chi connectivity index (χ1v) is 5.61. The molecule has 0 aliphatic carbocycles. The summed E-state index contributed by atoms with van der Waals surface area (Å²) >= 11 is 0. The molecular weight excluding hydrogens is 216 g/mol. The number of rotatable bonds is 2. The van der Waals surface area contributed by atoms with Gasteiger partial charge in [-0.25, -0.2) is 4.79 Å². The van der Waals surface area contributed by atoms with Gasteiger partial charge in [0.2, 0.25) is 0 Å². The number of hydrogen-bond acceptors (Lipinski definition) is 3. The van der Waals surface area contributed by atoms with Crippen molar-refractivity contribution in [1.82, 2.24) is 4.90 Å². The van der Waals surface area contributed by atoms with Crippen LogP contribution in [0.5, 0.6) is 0 Å². The average Bonchev–Trinajstić information content (AvgIpc) is 2.36. The van der Waals surface area contributed by atoms with E-state index < -0.39 is 5.97 Å². The Bertz CT molecular complexity index is 491. The van der Waals surface area contributed by atoms with Gasteiger partial charge in [0.25, 0.3) is 0 Å². The van der Waals surface area contributed by atoms with Crippen LogP contribution in [0.3, 0.4) is 0 Å². The van der Waals surface area contributed by atoms with Crippen molar-refractivity contribution in [3.63, 3.8) is 0 Å². The van der Waals surface area contributed by atoms with Gasteiger partial charge in [-0.1, -0.05) is 12.1 Å². The second kappa shape index (κ2) is 4.56. The summed E-state index contributed by atoms with van der Waals surface area (Å²) in [5.41, 5.74) is 2.34. The molecule has 0 saturated carbocycles. The van der Waals surface area contributed by atoms with Crippen LogP contribution in [-0.4, -0.2) is 28.6 Å². The van der Waals surface area contributed by atoms with Crippen molar-refractivity contribution >= 4 is 5.97 Å². The number of benzene rings is 1. The zero-order valence-electron chi connectivity index (χ0n) is 9.68. The fraction of sp³-hybridized carbons (Fsp3) is 0.385. The number of fused-ring (bicyclic) bond motifs is 1. The van der Waals surface area contributed by atoms with Crippen LogP contribution in [0.25, 0.3) is 0 Å². The standard InChI is InChI=1S/C13H14N2O2/c1-9(7-14)15-6-5-11-10(8-15)3-2-4-12(11)13(16)17/h2-4,9H,5-6,8H2,1H3,(H,16,17). The Kier molecular flexibility index (Phi) is 3.12. The lowest BCUT2D eigenvalue weighted by Crippen LogP contribution is -2.37. The summed E-state index contributed by atoms with van der Waals surface area (Å²) in [7, 11) is 0. The van der Waals surface area contributed by atoms with Gasteiger partial charge in [0.15, 0.2) is 0 Å². The van der Waals surface area contributed by atoms with Gasteiger partial charge in [0.05, 0.1) is 17.7 Å². The van der Waals surface area contributed by atoms with E-state index in [4.69, 9.17) is 10.4 Å². The number of nitriles is 1. The maximum atomic E-state index is 11.1. The number of aromatic carboxylic acids is 1. The van der Waals surface area contributed by atoms with Crippen LogP contribution < -0.4 is 0 Å². The highest BCUT2D eigenvalue weighted by Crippen LogP contribution is 2.23. The molecule has 0 bridgehead atoms. The summed E-state index contributed by atoms with van der Waals surface area (Å²) < 4.78 is 0. The van der Waals surface area contributed by atoms with E-state index in [1.807, 2.05) is 13.0 Å². The highest BCUT2D eigenvalue weighted by molar-refractivity contribution is 5.89. The Morgan fingerprint density at radius 3 is 3.00 bits per heavy atom. The highest BCUT2D eigenvalue weighted by Gasteiger charge is 2.23. The zero-order chi connectivity index (χ0) is 12.4. The molecule has 88 valence electrons. The number of nitrogens with zero attached hydrogens (tertiary/aromatic N) is 2. The van der Waals surface area contributed by atoms with E-state index in [9.17, 15) is 4.79 Å². The maximum absolute atomic E-state index is 11.1. The lowest BCUT2D eigenvalue weighted by atomic mass is 9.94. The Hall–Kier alpha value is -1.86. The van der Waals surface area contributed by atoms with E-state index >= 15 is 0 Å². The van der Waals surface area contributed by atoms with Crippen LogP contribution in [0.4, 0.5) is 0 Å². The van der Waals surface area contributed by atoms with E-state index in [-0.39, 0.29) is 6.04 Å². The Morgan fingerprint density at radius 2 is 2.35 bits per heavy atom. The molecule has 0 amide bonds. The summed E-state index contributed by atoms with van der Waals surface area (Å²) in [6.07, 6.45) is 0.698. The number of carboxylic acids is 1. The lowest BCUT2D eigenvalue weighted by molar-refractivity contribution is 0.0694. The molecule has 0 radical (unpaired) electrons. The molecule has 1 atom stereocenters. The third-order valence-electron chi connectivity index (χ3n) is 3.26. The SMILES string of the molecule is CC(C#N)N1CCc2c(cccc2C(=O)O)C1. The van der Waals surface area contributed by atoms with Gasteiger partial charge < -0.3 is 5.11 Å². The number of carboxylic acid groups (broad SMARTS) is 1. The van der Waals surface area contributed by atoms with E-state index in [0.717, 1.165) is 17.7 Å². The summed E-state index contributed by atoms with van der Waals surface area (Å²) in [4.78, 5) is 13.1. The Balaban J connectivity index is 2.32. The van der Waals surface area contributed by atoms with Crippen LogP contribution in [0.15, 0.2) is 18.2 Å². The molecule has 2 rings (SSSR count). The van der Waals surface area contributed by atoms with Gasteiger partial charge in [-0.05, 0) is 30.5 Å². The summed E-state index contributed by atoms with van der Waals surface area (Å²) in [6.45, 7) is 3.27. The summed E-state index contributed by atoms with van der Waals surface area (Å²) in [5, 5.41) is 18.0. The largest absolute Gasteiger partial charge is 0.478 e. The monoisotopic (exact) mass is 230 g/mol. The minimum Gasteiger partial charge on any atom is -0.478 e. The van der Waals surface area contributed by atoms with Crippen molar-refractivity contribution in [3.8, 4) is 6.07 Å². The van der Waals surface area contributed by atoms with E-state index in [1.165, 1.54) is 0 Å². The molecule has 1 unspecified atom stereocenters. The van der Waals surface area contributed by atoms with Crippen LogP contribution in [-0.2, 0) is 13.0 Å². The molecule has 1 aromatic rings. The third kappa shape index (κ3) is 2.15. The minimum absolute atomic E-state index is 0.128. The smallest absolute Gasteiger partial charge is 0.335 e. The normalized spacial score (nSPS) is 16.9. The molecule has 0 spiro atoms. The summed E-state index contributed by atoms with van der Waals surface area (Å²) in [5.74, 6) is -0.872. The Morgan fingerprint density at radius 1 is 1.59 bits per heavy atom. The van der Waals surface area contributed by atoms with Crippen LogP contribution in [0.2, 0.25) is 0 Å². The minimum atomic E-state index is -0.872. The van der Waals surface area contributed by atoms with Crippen molar-refractivity contribution in [2.45, 2.75) is 25.9 Å². The Labute approximate surface area is 100 Å². The van der Waals surface area contributed by atoms with Gasteiger partial charge in [0.1, 0.15) is 0 Å². The molecule has 1 N–H and O–H groups in total. The molecule has 1 aliphatic heterocycles. The molecule has 0 saturated heterocycles. The first-order chi connectivity index (χ1) is 8.13. The molecule has 1 aromatic carbocycles. The highest BCUT2D eigenvalue weighted by atomic mass is 16.4. The van der Waals surface area contributed by atoms with Crippen molar-refractivity contribution in [2.24, 2.45) is 0 Å². The number of carbonyl (C=O) groups is 1. The van der Waals surface area contributed by atoms with E-state index in [2.05, 4.69) is 11.0 Å². The lowest BCUT2D eigenvalue weighted by Gasteiger charge is -2.31. The first-order valence-electron chi connectivity index (χ1n) is 5.61. The topological polar surface area (TPSA) is 64.3 Å². The van der Waals surface area contributed by atoms with E-state index in [1.54, 1.807) is 12.1 Å². The predicted octanol–water partition coefficient (Wildman–Crippen LogP) is 1.65. The molecule has 1 aliphatic rings. The maximum Gasteiger partial charge on any atom is 0.335 e. The van der Waals surface area contributed by atoms with Crippen molar-refractivity contribution in [3.05, 3.63) is 34.9 Å². The molecular formula is C13H14N2O2. The fourth-order valence-electron chi connectivity index (χ4n) is 2.24. The van der Waals surface area contributed by atoms with Crippen molar-refractivity contribution in [1.29, 1.82) is 5.26 Å². The van der Waals surface area contributed by atoms with Crippen LogP contribution in [0.1, 0.15) is 28.4 Å². The predicted molar refractivity (Wildman–Crippen MR) is 62.6 cm³/mol. The van der Waals surface area contributed by atoms with E-state index in [0.29, 0.717) is 18.5 Å². The third-order valence-corrected chi connectivity index (χ3v) is 3.26. The second-order valence-corrected chi connectivity index (χ2v) is 4.27. The van der Waals surface area contributed by atoms with Gasteiger partial charge in [-0.2, -0.15) is 5.26 Å². The fourth-order valence-corrected chi connectivity index (χ4v) is 2.24. The molecule has 0 aromatic heterocycles. The molecule has 4 heteroatoms. The zero-order valence-corrected chi connectivity index (χ0v) is 9.68. The van der Waals surface area contributed by atoms with Gasteiger partial charge in [0, 0.05) is 13.1 Å². The second-order valence-electron chi connectivity index (χ2n) is 4.27. The first kappa shape index (κ1) is 11.6.